The Morgan fingerprint density at radius 3 is 2.50 bits per heavy atom. The molecular weight excluding hydrogens is 308 g/mol. The summed E-state index contributed by atoms with van der Waals surface area (Å²) in [4.78, 5) is 16.3. The molecule has 0 aliphatic heterocycles. The van der Waals surface area contributed by atoms with Crippen LogP contribution in [0.1, 0.15) is 5.89 Å². The summed E-state index contributed by atoms with van der Waals surface area (Å²) in [6.45, 7) is 0. The molecule has 0 aliphatic carbocycles. The number of anilines is 1. The van der Waals surface area contributed by atoms with E-state index in [1.165, 1.54) is 12.2 Å². The van der Waals surface area contributed by atoms with Gasteiger partial charge in [-0.05, 0) is 12.1 Å². The lowest BCUT2D eigenvalue weighted by Gasteiger charge is -2.08. The molecule has 3 aromatic rings. The number of hydrogen-bond acceptors (Lipinski definition) is 5. The third-order valence-corrected chi connectivity index (χ3v) is 3.31. The molecule has 0 saturated heterocycles. The Labute approximate surface area is 138 Å². The van der Waals surface area contributed by atoms with E-state index >= 15 is 0 Å². The monoisotopic (exact) mass is 324 g/mol. The first kappa shape index (κ1) is 15.6. The highest BCUT2D eigenvalue weighted by Gasteiger charge is 2.05. The van der Waals surface area contributed by atoms with Crippen molar-refractivity contribution in [3.8, 4) is 11.5 Å². The first-order valence-electron chi connectivity index (χ1n) is 7.25. The molecule has 1 amide bonds. The zero-order chi connectivity index (χ0) is 16.9. The minimum Gasteiger partial charge on any atom is -0.497 e. The maximum Gasteiger partial charge on any atom is 0.248 e. The zero-order valence-electron chi connectivity index (χ0n) is 13.3. The number of carbonyl (C=O) groups is 1. The van der Waals surface area contributed by atoms with Crippen molar-refractivity contribution >= 4 is 28.8 Å². The molecule has 0 unspecified atom stereocenters. The third-order valence-electron chi connectivity index (χ3n) is 3.31. The van der Waals surface area contributed by atoms with Crippen LogP contribution in [0.15, 0.2) is 53.0 Å². The van der Waals surface area contributed by atoms with Crippen molar-refractivity contribution in [2.45, 2.75) is 0 Å². The molecule has 0 spiro atoms. The number of fused-ring (bicyclic) bond motifs is 1. The number of nitrogens with one attached hydrogen (secondary N) is 1. The second-order valence-corrected chi connectivity index (χ2v) is 4.94. The van der Waals surface area contributed by atoms with Crippen LogP contribution in [0.5, 0.6) is 11.5 Å². The largest absolute Gasteiger partial charge is 0.497 e. The maximum absolute atomic E-state index is 12.1. The van der Waals surface area contributed by atoms with Crippen LogP contribution in [0, 0.1) is 0 Å². The van der Waals surface area contributed by atoms with Crippen LogP contribution < -0.4 is 14.8 Å². The summed E-state index contributed by atoms with van der Waals surface area (Å²) in [6.07, 6.45) is 2.88. The van der Waals surface area contributed by atoms with Crippen molar-refractivity contribution in [3.63, 3.8) is 0 Å². The number of aromatic nitrogens is 1. The summed E-state index contributed by atoms with van der Waals surface area (Å²) < 4.78 is 15.9. The Kier molecular flexibility index (Phi) is 4.47. The first-order chi connectivity index (χ1) is 11.7. The average molecular weight is 324 g/mol. The van der Waals surface area contributed by atoms with Gasteiger partial charge in [0.2, 0.25) is 11.8 Å². The van der Waals surface area contributed by atoms with Gasteiger partial charge in [-0.25, -0.2) is 4.98 Å². The van der Waals surface area contributed by atoms with Gasteiger partial charge in [-0.2, -0.15) is 0 Å². The standard InChI is InChI=1S/C18H16N2O4/c1-22-13-9-12(10-14(11-13)23-2)19-17(21)7-8-18-20-15-5-3-4-6-16(15)24-18/h3-11H,1-2H3,(H,19,21)/b8-7+. The number of amides is 1. The topological polar surface area (TPSA) is 73.6 Å². The fourth-order valence-corrected chi connectivity index (χ4v) is 2.17. The van der Waals surface area contributed by atoms with Crippen LogP contribution in [0.25, 0.3) is 17.2 Å². The van der Waals surface area contributed by atoms with E-state index in [9.17, 15) is 4.79 Å². The van der Waals surface area contributed by atoms with Gasteiger partial charge in [0.05, 0.1) is 14.2 Å². The molecule has 1 aromatic heterocycles. The van der Waals surface area contributed by atoms with Crippen molar-refractivity contribution in [1.29, 1.82) is 0 Å². The van der Waals surface area contributed by atoms with Crippen LogP contribution in [-0.2, 0) is 4.79 Å². The summed E-state index contributed by atoms with van der Waals surface area (Å²) in [6, 6.07) is 12.5. The maximum atomic E-state index is 12.1. The highest BCUT2D eigenvalue weighted by molar-refractivity contribution is 6.02. The predicted octanol–water partition coefficient (Wildman–Crippen LogP) is 3.50. The van der Waals surface area contributed by atoms with Crippen LogP contribution in [-0.4, -0.2) is 25.1 Å². The molecule has 0 saturated carbocycles. The van der Waals surface area contributed by atoms with Gasteiger partial charge in [0.1, 0.15) is 17.0 Å². The molecule has 0 aliphatic rings. The average Bonchev–Trinajstić information content (AvgIpc) is 3.02. The van der Waals surface area contributed by atoms with Crippen molar-refractivity contribution in [2.24, 2.45) is 0 Å². The summed E-state index contributed by atoms with van der Waals surface area (Å²) >= 11 is 0. The van der Waals surface area contributed by atoms with Crippen LogP contribution in [0.2, 0.25) is 0 Å². The molecule has 1 heterocycles. The van der Waals surface area contributed by atoms with Crippen molar-refractivity contribution in [3.05, 3.63) is 54.4 Å². The van der Waals surface area contributed by atoms with Crippen LogP contribution in [0.4, 0.5) is 5.69 Å². The van der Waals surface area contributed by atoms with Crippen LogP contribution in [0.3, 0.4) is 0 Å². The number of oxazole rings is 1. The molecule has 122 valence electrons. The van der Waals surface area contributed by atoms with Gasteiger partial charge in [0, 0.05) is 36.0 Å². The molecule has 6 heteroatoms. The van der Waals surface area contributed by atoms with Gasteiger partial charge >= 0.3 is 0 Å². The van der Waals surface area contributed by atoms with Gasteiger partial charge in [-0.3, -0.25) is 4.79 Å². The lowest BCUT2D eigenvalue weighted by molar-refractivity contribution is -0.111. The molecule has 6 nitrogen and oxygen atoms in total. The van der Waals surface area contributed by atoms with E-state index in [1.807, 2.05) is 24.3 Å². The molecule has 3 rings (SSSR count). The Morgan fingerprint density at radius 1 is 1.12 bits per heavy atom. The third kappa shape index (κ3) is 3.55. The summed E-state index contributed by atoms with van der Waals surface area (Å²) in [7, 11) is 3.10. The molecule has 24 heavy (non-hydrogen) atoms. The van der Waals surface area contributed by atoms with E-state index < -0.39 is 0 Å². The van der Waals surface area contributed by atoms with Gasteiger partial charge in [0.15, 0.2) is 5.58 Å². The van der Waals surface area contributed by atoms with E-state index in [4.69, 9.17) is 13.9 Å². The quantitative estimate of drug-likeness (QED) is 0.727. The molecule has 0 radical (unpaired) electrons. The second-order valence-electron chi connectivity index (χ2n) is 4.94. The fraction of sp³-hybridized carbons (Fsp3) is 0.111. The van der Waals surface area contributed by atoms with E-state index in [-0.39, 0.29) is 5.91 Å². The van der Waals surface area contributed by atoms with E-state index in [1.54, 1.807) is 32.4 Å². The minimum absolute atomic E-state index is 0.312. The lowest BCUT2D eigenvalue weighted by Crippen LogP contribution is -2.08. The van der Waals surface area contributed by atoms with Gasteiger partial charge < -0.3 is 19.2 Å². The number of methoxy groups -OCH3 is 2. The molecule has 0 fully saturated rings. The predicted molar refractivity (Wildman–Crippen MR) is 91.2 cm³/mol. The van der Waals surface area contributed by atoms with Crippen LogP contribution >= 0.6 is 0 Å². The lowest BCUT2D eigenvalue weighted by atomic mass is 10.2. The molecular formula is C18H16N2O4. The molecule has 0 bridgehead atoms. The number of nitrogens with zero attached hydrogens (tertiary/aromatic N) is 1. The first-order valence-corrected chi connectivity index (χ1v) is 7.25. The Balaban J connectivity index is 1.73. The number of ether oxygens (including phenoxy) is 2. The Hall–Kier alpha value is -3.28. The highest BCUT2D eigenvalue weighted by atomic mass is 16.5. The second kappa shape index (κ2) is 6.87. The highest BCUT2D eigenvalue weighted by Crippen LogP contribution is 2.25. The summed E-state index contributed by atoms with van der Waals surface area (Å²) in [5.74, 6) is 1.24. The van der Waals surface area contributed by atoms with E-state index in [2.05, 4.69) is 10.3 Å². The Bertz CT molecular complexity index is 844. The number of para-hydroxylation sites is 2. The molecule has 1 N–H and O–H groups in total. The van der Waals surface area contributed by atoms with Crippen molar-refractivity contribution in [2.75, 3.05) is 19.5 Å². The number of benzene rings is 2. The van der Waals surface area contributed by atoms with Gasteiger partial charge in [-0.1, -0.05) is 12.1 Å². The Morgan fingerprint density at radius 2 is 1.83 bits per heavy atom. The van der Waals surface area contributed by atoms with Gasteiger partial charge in [-0.15, -0.1) is 0 Å². The summed E-state index contributed by atoms with van der Waals surface area (Å²) in [5, 5.41) is 2.74. The zero-order valence-corrected chi connectivity index (χ0v) is 13.3. The number of hydrogen-bond donors (Lipinski definition) is 1. The number of carbonyl (C=O) groups excluding carboxylic acids is 1. The normalized spacial score (nSPS) is 10.9. The number of rotatable bonds is 5. The van der Waals surface area contributed by atoms with E-state index in [0.29, 0.717) is 28.7 Å². The fourth-order valence-electron chi connectivity index (χ4n) is 2.17. The molecule has 2 aromatic carbocycles. The van der Waals surface area contributed by atoms with Crippen molar-refractivity contribution < 1.29 is 18.7 Å². The minimum atomic E-state index is -0.312. The smallest absolute Gasteiger partial charge is 0.248 e. The SMILES string of the molecule is COc1cc(NC(=O)/C=C/c2nc3ccccc3o2)cc(OC)c1. The molecule has 0 atom stereocenters. The summed E-state index contributed by atoms with van der Waals surface area (Å²) in [5.41, 5.74) is 1.99. The van der Waals surface area contributed by atoms with Gasteiger partial charge in [0.25, 0.3) is 0 Å². The van der Waals surface area contributed by atoms with Crippen molar-refractivity contribution in [1.82, 2.24) is 4.98 Å². The van der Waals surface area contributed by atoms with E-state index in [0.717, 1.165) is 5.52 Å².